The zero-order valence-corrected chi connectivity index (χ0v) is 16.3. The van der Waals surface area contributed by atoms with E-state index in [-0.39, 0.29) is 23.6 Å². The van der Waals surface area contributed by atoms with Gasteiger partial charge in [0.05, 0.1) is 18.9 Å². The van der Waals surface area contributed by atoms with E-state index >= 15 is 0 Å². The van der Waals surface area contributed by atoms with Crippen molar-refractivity contribution in [3.8, 4) is 5.75 Å². The Kier molecular flexibility index (Phi) is 4.75. The molecule has 5 heteroatoms. The minimum absolute atomic E-state index is 0.0480. The van der Waals surface area contributed by atoms with Crippen LogP contribution in [0.1, 0.15) is 43.0 Å². The van der Waals surface area contributed by atoms with Gasteiger partial charge < -0.3 is 4.74 Å². The molecule has 4 nitrogen and oxygen atoms in total. The number of benzene rings is 2. The number of allylic oxidation sites excluding steroid dienone is 2. The van der Waals surface area contributed by atoms with Gasteiger partial charge in [-0.05, 0) is 50.5 Å². The normalized spacial score (nSPS) is 21.1. The van der Waals surface area contributed by atoms with Gasteiger partial charge in [0.1, 0.15) is 11.6 Å². The second kappa shape index (κ2) is 7.23. The van der Waals surface area contributed by atoms with Crippen molar-refractivity contribution in [3.05, 3.63) is 76.7 Å². The fourth-order valence-corrected chi connectivity index (χ4v) is 4.29. The van der Waals surface area contributed by atoms with Crippen LogP contribution in [0.3, 0.4) is 0 Å². The summed E-state index contributed by atoms with van der Waals surface area (Å²) in [4.78, 5) is 11.7. The lowest BCUT2D eigenvalue weighted by atomic mass is 9.77. The third-order valence-electron chi connectivity index (χ3n) is 5.53. The molecule has 0 spiro atoms. The molecule has 144 valence electrons. The first kappa shape index (κ1) is 18.4. The number of hydrogen-bond donors (Lipinski definition) is 0. The van der Waals surface area contributed by atoms with E-state index in [1.165, 1.54) is 18.6 Å². The molecule has 2 atom stereocenters. The monoisotopic (exact) mass is 378 g/mol. The van der Waals surface area contributed by atoms with Gasteiger partial charge in [0.2, 0.25) is 0 Å². The lowest BCUT2D eigenvalue weighted by Gasteiger charge is -2.31. The molecule has 0 saturated carbocycles. The summed E-state index contributed by atoms with van der Waals surface area (Å²) in [7, 11) is 1.65. The molecule has 0 radical (unpaired) electrons. The average molecular weight is 378 g/mol. The maximum atomic E-state index is 14.7. The number of ether oxygens (including phenoxy) is 1. The van der Waals surface area contributed by atoms with Gasteiger partial charge >= 0.3 is 0 Å². The number of methoxy groups -OCH3 is 1. The van der Waals surface area contributed by atoms with Gasteiger partial charge in [0, 0.05) is 28.8 Å². The molecule has 4 rings (SSSR count). The van der Waals surface area contributed by atoms with Crippen molar-refractivity contribution in [1.82, 2.24) is 5.01 Å². The van der Waals surface area contributed by atoms with E-state index in [4.69, 9.17) is 9.84 Å². The van der Waals surface area contributed by atoms with Crippen molar-refractivity contribution >= 4 is 11.5 Å². The molecule has 2 unspecified atom stereocenters. The summed E-state index contributed by atoms with van der Waals surface area (Å²) in [6, 6.07) is 12.6. The summed E-state index contributed by atoms with van der Waals surface area (Å²) in [6.45, 7) is 3.36. The van der Waals surface area contributed by atoms with E-state index in [2.05, 4.69) is 6.07 Å². The van der Waals surface area contributed by atoms with Crippen molar-refractivity contribution in [3.63, 3.8) is 0 Å². The lowest BCUT2D eigenvalue weighted by Crippen LogP contribution is -2.29. The molecular formula is C23H23FN2O2. The fraction of sp³-hybridized carbons (Fsp3) is 0.304. The number of halogens is 1. The molecule has 0 fully saturated rings. The highest BCUT2D eigenvalue weighted by atomic mass is 19.1. The van der Waals surface area contributed by atoms with Crippen LogP contribution in [0.4, 0.5) is 4.39 Å². The topological polar surface area (TPSA) is 41.9 Å². The van der Waals surface area contributed by atoms with Crippen molar-refractivity contribution in [2.45, 2.75) is 32.7 Å². The van der Waals surface area contributed by atoms with Gasteiger partial charge in [0.25, 0.3) is 0 Å². The molecule has 2 aromatic rings. The van der Waals surface area contributed by atoms with Crippen LogP contribution in [0.25, 0.3) is 0 Å². The zero-order chi connectivity index (χ0) is 19.8. The molecule has 2 aliphatic rings. The molecular weight excluding hydrogens is 355 g/mol. The fourth-order valence-electron chi connectivity index (χ4n) is 4.29. The van der Waals surface area contributed by atoms with Gasteiger partial charge in [-0.15, -0.1) is 0 Å². The van der Waals surface area contributed by atoms with Crippen LogP contribution in [0.5, 0.6) is 5.75 Å². The first-order valence-corrected chi connectivity index (χ1v) is 9.48. The molecule has 1 aliphatic heterocycles. The van der Waals surface area contributed by atoms with Gasteiger partial charge in [-0.3, -0.25) is 9.80 Å². The number of aryl methyl sites for hydroxylation is 1. The molecule has 1 heterocycles. The number of carbonyl (C=O) groups excluding carboxylic acids is 1. The summed E-state index contributed by atoms with van der Waals surface area (Å²) in [6.07, 6.45) is 3.33. The number of hydrazone groups is 1. The van der Waals surface area contributed by atoms with Crippen LogP contribution >= 0.6 is 0 Å². The maximum Gasteiger partial charge on any atom is 0.154 e. The van der Waals surface area contributed by atoms with Crippen molar-refractivity contribution < 1.29 is 13.9 Å². The van der Waals surface area contributed by atoms with Crippen LogP contribution in [0.2, 0.25) is 0 Å². The summed E-state index contributed by atoms with van der Waals surface area (Å²) in [5.41, 5.74) is 4.53. The van der Waals surface area contributed by atoms with Gasteiger partial charge in [0.15, 0.2) is 5.78 Å². The van der Waals surface area contributed by atoms with E-state index in [1.807, 2.05) is 36.2 Å². The first-order chi connectivity index (χ1) is 13.5. The Morgan fingerprint density at radius 1 is 1.25 bits per heavy atom. The Labute approximate surface area is 164 Å². The van der Waals surface area contributed by atoms with E-state index in [0.29, 0.717) is 11.3 Å². The Bertz CT molecular complexity index is 996. The number of rotatable bonds is 4. The van der Waals surface area contributed by atoms with E-state index in [0.717, 1.165) is 29.9 Å². The predicted octanol–water partition coefficient (Wildman–Crippen LogP) is 4.65. The smallest absolute Gasteiger partial charge is 0.154 e. The summed E-state index contributed by atoms with van der Waals surface area (Å²) in [5, 5.41) is 6.70. The minimum atomic E-state index is -0.272. The van der Waals surface area contributed by atoms with E-state index < -0.39 is 0 Å². The zero-order valence-electron chi connectivity index (χ0n) is 16.3. The Morgan fingerprint density at radius 3 is 2.75 bits per heavy atom. The van der Waals surface area contributed by atoms with Crippen molar-refractivity contribution in [2.24, 2.45) is 11.0 Å². The van der Waals surface area contributed by atoms with Crippen molar-refractivity contribution in [1.29, 1.82) is 0 Å². The lowest BCUT2D eigenvalue weighted by molar-refractivity contribution is -0.112. The highest BCUT2D eigenvalue weighted by Gasteiger charge is 2.43. The highest BCUT2D eigenvalue weighted by Crippen LogP contribution is 2.46. The third kappa shape index (κ3) is 3.11. The molecule has 2 aromatic carbocycles. The second-order valence-electron chi connectivity index (χ2n) is 7.36. The van der Waals surface area contributed by atoms with Gasteiger partial charge in [-0.2, -0.15) is 5.10 Å². The standard InChI is InChI=1S/C23H23FN2O2/c1-14(12-15(2)27)26-23(18-6-4-5-7-21(18)24)19-11-9-16-8-10-17(28-3)13-20(16)22(19)25-26/h4-8,10,12-13,19,23H,9,11H2,1-3H3. The summed E-state index contributed by atoms with van der Waals surface area (Å²) in [5.74, 6) is 0.522. The number of hydrogen-bond acceptors (Lipinski definition) is 4. The van der Waals surface area contributed by atoms with E-state index in [1.54, 1.807) is 19.3 Å². The van der Waals surface area contributed by atoms with Crippen LogP contribution in [-0.4, -0.2) is 23.6 Å². The molecule has 0 amide bonds. The second-order valence-corrected chi connectivity index (χ2v) is 7.36. The first-order valence-electron chi connectivity index (χ1n) is 9.48. The number of ketones is 1. The molecule has 28 heavy (non-hydrogen) atoms. The summed E-state index contributed by atoms with van der Waals surface area (Å²) >= 11 is 0. The number of carbonyl (C=O) groups is 1. The average Bonchev–Trinajstić information content (AvgIpc) is 3.07. The Balaban J connectivity index is 1.86. The molecule has 0 saturated heterocycles. The Morgan fingerprint density at radius 2 is 2.04 bits per heavy atom. The van der Waals surface area contributed by atoms with Crippen LogP contribution in [0.15, 0.2) is 59.3 Å². The predicted molar refractivity (Wildman–Crippen MR) is 107 cm³/mol. The Hall–Kier alpha value is -2.95. The maximum absolute atomic E-state index is 14.7. The van der Waals surface area contributed by atoms with Crippen molar-refractivity contribution in [2.75, 3.05) is 7.11 Å². The highest BCUT2D eigenvalue weighted by molar-refractivity contribution is 6.06. The molecule has 0 N–H and O–H groups in total. The van der Waals surface area contributed by atoms with Gasteiger partial charge in [-0.1, -0.05) is 24.3 Å². The largest absolute Gasteiger partial charge is 0.497 e. The quantitative estimate of drug-likeness (QED) is 0.727. The number of fused-ring (bicyclic) bond motifs is 3. The SMILES string of the molecule is COc1ccc2c(c1)C1=NN(C(C)=CC(C)=O)C(c3ccccc3F)C1CC2. The van der Waals surface area contributed by atoms with E-state index in [9.17, 15) is 9.18 Å². The molecule has 0 bridgehead atoms. The number of nitrogens with zero attached hydrogens (tertiary/aromatic N) is 2. The minimum Gasteiger partial charge on any atom is -0.497 e. The van der Waals surface area contributed by atoms with Crippen LogP contribution in [-0.2, 0) is 11.2 Å². The third-order valence-corrected chi connectivity index (χ3v) is 5.53. The molecule has 0 aromatic heterocycles. The van der Waals surface area contributed by atoms with Gasteiger partial charge in [-0.25, -0.2) is 4.39 Å². The van der Waals surface area contributed by atoms with Crippen LogP contribution in [0, 0.1) is 11.7 Å². The van der Waals surface area contributed by atoms with Crippen LogP contribution < -0.4 is 4.74 Å². The molecule has 1 aliphatic carbocycles. The summed E-state index contributed by atoms with van der Waals surface area (Å²) < 4.78 is 20.1.